The van der Waals surface area contributed by atoms with E-state index in [1.807, 2.05) is 0 Å². The lowest BCUT2D eigenvalue weighted by Crippen LogP contribution is -2.56. The number of nitrogens with one attached hydrogen (secondary N) is 2. The molecule has 1 atom stereocenters. The van der Waals surface area contributed by atoms with Crippen LogP contribution >= 0.6 is 0 Å². The number of hydrazine groups is 1. The average molecular weight is 171 g/mol. The van der Waals surface area contributed by atoms with Crippen LogP contribution in [0.15, 0.2) is 0 Å². The number of nitrogens with zero attached hydrogens (tertiary/aromatic N) is 1. The monoisotopic (exact) mass is 171 g/mol. The first kappa shape index (κ1) is 9.96. The van der Waals surface area contributed by atoms with Gasteiger partial charge >= 0.3 is 0 Å². The van der Waals surface area contributed by atoms with Gasteiger partial charge in [0.1, 0.15) is 0 Å². The molecule has 0 aromatic rings. The molecule has 0 aliphatic carbocycles. The minimum atomic E-state index is 0.364. The lowest BCUT2D eigenvalue weighted by atomic mass is 9.80. The van der Waals surface area contributed by atoms with Crippen molar-refractivity contribution in [1.82, 2.24) is 15.8 Å². The van der Waals surface area contributed by atoms with Crippen LogP contribution in [0, 0.1) is 5.41 Å². The van der Waals surface area contributed by atoms with E-state index in [2.05, 4.69) is 43.7 Å². The standard InChI is InChI=1S/C9H21N3/c1-9(2)7-10-6-5-8(9)11-12(3)4/h8,10-11H,5-7H2,1-4H3. The SMILES string of the molecule is CN(C)NC1CCNCC1(C)C. The molecule has 1 aliphatic rings. The van der Waals surface area contributed by atoms with Crippen LogP contribution in [0.4, 0.5) is 0 Å². The molecule has 3 nitrogen and oxygen atoms in total. The maximum atomic E-state index is 3.47. The Morgan fingerprint density at radius 3 is 2.58 bits per heavy atom. The second-order valence-corrected chi connectivity index (χ2v) is 4.53. The summed E-state index contributed by atoms with van der Waals surface area (Å²) in [6, 6.07) is 0.605. The fourth-order valence-corrected chi connectivity index (χ4v) is 1.72. The fourth-order valence-electron chi connectivity index (χ4n) is 1.72. The molecule has 2 N–H and O–H groups in total. The molecule has 1 unspecified atom stereocenters. The normalized spacial score (nSPS) is 29.2. The van der Waals surface area contributed by atoms with E-state index in [0.717, 1.165) is 13.1 Å². The van der Waals surface area contributed by atoms with E-state index in [9.17, 15) is 0 Å². The van der Waals surface area contributed by atoms with Crippen LogP contribution < -0.4 is 10.7 Å². The average Bonchev–Trinajstić information content (AvgIpc) is 1.92. The number of hydrogen-bond donors (Lipinski definition) is 2. The highest BCUT2D eigenvalue weighted by Crippen LogP contribution is 2.24. The molecule has 0 bridgehead atoms. The van der Waals surface area contributed by atoms with E-state index in [0.29, 0.717) is 11.5 Å². The molecule has 0 radical (unpaired) electrons. The summed E-state index contributed by atoms with van der Waals surface area (Å²) < 4.78 is 0. The van der Waals surface area contributed by atoms with Crippen LogP contribution in [-0.2, 0) is 0 Å². The number of hydrogen-bond acceptors (Lipinski definition) is 3. The zero-order valence-corrected chi connectivity index (χ0v) is 8.65. The van der Waals surface area contributed by atoms with Gasteiger partial charge in [-0.05, 0) is 18.4 Å². The predicted molar refractivity (Wildman–Crippen MR) is 51.9 cm³/mol. The Hall–Kier alpha value is -0.120. The van der Waals surface area contributed by atoms with Gasteiger partial charge in [-0.25, -0.2) is 0 Å². The number of piperidine rings is 1. The van der Waals surface area contributed by atoms with Crippen molar-refractivity contribution in [2.24, 2.45) is 5.41 Å². The molecular formula is C9H21N3. The molecule has 3 heteroatoms. The third-order valence-corrected chi connectivity index (χ3v) is 2.55. The van der Waals surface area contributed by atoms with E-state index in [-0.39, 0.29) is 0 Å². The zero-order chi connectivity index (χ0) is 9.19. The summed E-state index contributed by atoms with van der Waals surface area (Å²) in [5.74, 6) is 0. The second kappa shape index (κ2) is 3.73. The fraction of sp³-hybridized carbons (Fsp3) is 1.00. The molecule has 12 heavy (non-hydrogen) atoms. The summed E-state index contributed by atoms with van der Waals surface area (Å²) in [7, 11) is 4.11. The Bertz CT molecular complexity index is 143. The highest BCUT2D eigenvalue weighted by Gasteiger charge is 2.32. The van der Waals surface area contributed by atoms with Gasteiger partial charge in [-0.1, -0.05) is 13.8 Å². The highest BCUT2D eigenvalue weighted by molar-refractivity contribution is 4.89. The molecule has 0 saturated carbocycles. The van der Waals surface area contributed by atoms with E-state index < -0.39 is 0 Å². The molecule has 0 aromatic carbocycles. The largest absolute Gasteiger partial charge is 0.316 e. The lowest BCUT2D eigenvalue weighted by molar-refractivity contribution is 0.112. The molecule has 1 fully saturated rings. The van der Waals surface area contributed by atoms with Gasteiger partial charge in [0.15, 0.2) is 0 Å². The van der Waals surface area contributed by atoms with Gasteiger partial charge in [0.25, 0.3) is 0 Å². The first-order valence-electron chi connectivity index (χ1n) is 4.66. The summed E-state index contributed by atoms with van der Waals surface area (Å²) in [6.07, 6.45) is 1.21. The molecule has 0 spiro atoms. The van der Waals surface area contributed by atoms with Gasteiger partial charge in [0, 0.05) is 26.7 Å². The molecule has 0 amide bonds. The van der Waals surface area contributed by atoms with Crippen LogP contribution in [0.3, 0.4) is 0 Å². The summed E-state index contributed by atoms with van der Waals surface area (Å²) in [6.45, 7) is 6.86. The van der Waals surface area contributed by atoms with Gasteiger partial charge in [-0.15, -0.1) is 0 Å². The van der Waals surface area contributed by atoms with Crippen molar-refractivity contribution in [3.63, 3.8) is 0 Å². The van der Waals surface area contributed by atoms with Crippen molar-refractivity contribution in [2.75, 3.05) is 27.2 Å². The van der Waals surface area contributed by atoms with Gasteiger partial charge in [0.2, 0.25) is 0 Å². The van der Waals surface area contributed by atoms with Crippen LogP contribution in [0.2, 0.25) is 0 Å². The van der Waals surface area contributed by atoms with Crippen molar-refractivity contribution in [3.05, 3.63) is 0 Å². The van der Waals surface area contributed by atoms with E-state index in [1.54, 1.807) is 0 Å². The van der Waals surface area contributed by atoms with Crippen molar-refractivity contribution >= 4 is 0 Å². The van der Waals surface area contributed by atoms with Crippen molar-refractivity contribution in [1.29, 1.82) is 0 Å². The van der Waals surface area contributed by atoms with Gasteiger partial charge in [0.05, 0.1) is 0 Å². The Kier molecular flexibility index (Phi) is 3.09. The molecule has 1 aliphatic heterocycles. The molecule has 72 valence electrons. The van der Waals surface area contributed by atoms with Crippen LogP contribution in [0.1, 0.15) is 20.3 Å². The Balaban J connectivity index is 2.48. The van der Waals surface area contributed by atoms with Gasteiger partial charge in [-0.2, -0.15) is 0 Å². The van der Waals surface area contributed by atoms with Gasteiger partial charge in [-0.3, -0.25) is 10.4 Å². The number of rotatable bonds is 2. The van der Waals surface area contributed by atoms with E-state index >= 15 is 0 Å². The predicted octanol–water partition coefficient (Wildman–Crippen LogP) is 0.441. The molecule has 1 rings (SSSR count). The first-order chi connectivity index (χ1) is 5.52. The molecule has 1 saturated heterocycles. The summed E-state index contributed by atoms with van der Waals surface area (Å²) in [4.78, 5) is 0. The van der Waals surface area contributed by atoms with Crippen LogP contribution in [0.25, 0.3) is 0 Å². The maximum absolute atomic E-state index is 3.47. The highest BCUT2D eigenvalue weighted by atomic mass is 15.5. The minimum absolute atomic E-state index is 0.364. The summed E-state index contributed by atoms with van der Waals surface area (Å²) in [5.41, 5.74) is 3.83. The quantitative estimate of drug-likeness (QED) is 0.590. The Morgan fingerprint density at radius 2 is 2.08 bits per heavy atom. The summed E-state index contributed by atoms with van der Waals surface area (Å²) in [5, 5.41) is 5.47. The Morgan fingerprint density at radius 1 is 1.42 bits per heavy atom. The zero-order valence-electron chi connectivity index (χ0n) is 8.65. The van der Waals surface area contributed by atoms with E-state index in [4.69, 9.17) is 0 Å². The van der Waals surface area contributed by atoms with Gasteiger partial charge < -0.3 is 5.32 Å². The third kappa shape index (κ3) is 2.44. The topological polar surface area (TPSA) is 27.3 Å². The lowest BCUT2D eigenvalue weighted by Gasteiger charge is -2.40. The van der Waals surface area contributed by atoms with Crippen molar-refractivity contribution in [3.8, 4) is 0 Å². The van der Waals surface area contributed by atoms with Crippen molar-refractivity contribution < 1.29 is 0 Å². The summed E-state index contributed by atoms with van der Waals surface area (Å²) >= 11 is 0. The van der Waals surface area contributed by atoms with Crippen molar-refractivity contribution in [2.45, 2.75) is 26.3 Å². The minimum Gasteiger partial charge on any atom is -0.316 e. The molecule has 0 aromatic heterocycles. The molecule has 1 heterocycles. The van der Waals surface area contributed by atoms with Crippen LogP contribution in [0.5, 0.6) is 0 Å². The van der Waals surface area contributed by atoms with E-state index in [1.165, 1.54) is 6.42 Å². The molecular weight excluding hydrogens is 150 g/mol. The smallest absolute Gasteiger partial charge is 0.0290 e. The maximum Gasteiger partial charge on any atom is 0.0290 e. The first-order valence-corrected chi connectivity index (χ1v) is 4.66. The van der Waals surface area contributed by atoms with Crippen LogP contribution in [-0.4, -0.2) is 38.2 Å². The second-order valence-electron chi connectivity index (χ2n) is 4.53. The third-order valence-electron chi connectivity index (χ3n) is 2.55. The Labute approximate surface area is 75.5 Å².